The molecule has 0 saturated carbocycles. The third-order valence-electron chi connectivity index (χ3n) is 3.29. The smallest absolute Gasteiger partial charge is 0.196 e. The summed E-state index contributed by atoms with van der Waals surface area (Å²) in [5, 5.41) is 36.9. The van der Waals surface area contributed by atoms with Crippen LogP contribution in [0.15, 0.2) is 35.4 Å². The highest BCUT2D eigenvalue weighted by Crippen LogP contribution is 2.35. The van der Waals surface area contributed by atoms with Gasteiger partial charge in [0, 0.05) is 12.5 Å². The van der Waals surface area contributed by atoms with Crippen LogP contribution in [0.2, 0.25) is 0 Å². The van der Waals surface area contributed by atoms with Gasteiger partial charge in [0.15, 0.2) is 11.6 Å². The van der Waals surface area contributed by atoms with Gasteiger partial charge in [0.05, 0.1) is 23.3 Å². The average molecular weight is 329 g/mol. The van der Waals surface area contributed by atoms with Crippen molar-refractivity contribution in [2.24, 2.45) is 0 Å². The highest BCUT2D eigenvalue weighted by atomic mass is 16.3. The fraction of sp³-hybridized carbons (Fsp3) is 0.278. The lowest BCUT2D eigenvalue weighted by Crippen LogP contribution is -2.25. The molecule has 24 heavy (non-hydrogen) atoms. The van der Waals surface area contributed by atoms with E-state index in [2.05, 4.69) is 0 Å². The van der Waals surface area contributed by atoms with Crippen molar-refractivity contribution in [1.82, 2.24) is 0 Å². The maximum atomic E-state index is 12.3. The van der Waals surface area contributed by atoms with Crippen LogP contribution < -0.4 is 0 Å². The quantitative estimate of drug-likeness (QED) is 0.579. The molecular formula is C18H19NO5. The molecule has 3 N–H and O–H groups in total. The SMILES string of the molecule is CC#N.CC(C)=CC[C@@H](O)C1=CC(=O)c2c(O)ccc(O)c2C1=O. The molecule has 0 aliphatic heterocycles. The summed E-state index contributed by atoms with van der Waals surface area (Å²) < 4.78 is 0. The van der Waals surface area contributed by atoms with Crippen LogP contribution in [0.25, 0.3) is 0 Å². The van der Waals surface area contributed by atoms with Crippen molar-refractivity contribution in [3.05, 3.63) is 46.6 Å². The first-order valence-corrected chi connectivity index (χ1v) is 7.22. The number of allylic oxidation sites excluding steroid dienone is 2. The standard InChI is InChI=1S/C16H16O5.C2H3N/c1-8(2)3-4-10(17)9-7-13(20)14-11(18)5-6-12(19)15(14)16(9)21;1-2-3/h3,5-7,10,17-19H,4H2,1-2H3;1H3/t10-;/m1./s1. The fourth-order valence-electron chi connectivity index (χ4n) is 2.21. The van der Waals surface area contributed by atoms with Gasteiger partial charge in [-0.15, -0.1) is 0 Å². The number of aliphatic hydroxyl groups excluding tert-OH is 1. The molecule has 0 spiro atoms. The zero-order chi connectivity index (χ0) is 18.4. The van der Waals surface area contributed by atoms with Crippen molar-refractivity contribution in [3.8, 4) is 17.6 Å². The Bertz CT molecular complexity index is 764. The fourth-order valence-corrected chi connectivity index (χ4v) is 2.21. The molecule has 1 aromatic carbocycles. The average Bonchev–Trinajstić information content (AvgIpc) is 2.51. The number of nitriles is 1. The molecule has 0 aromatic heterocycles. The van der Waals surface area contributed by atoms with Crippen LogP contribution in [0.3, 0.4) is 0 Å². The topological polar surface area (TPSA) is 119 Å². The van der Waals surface area contributed by atoms with Crippen LogP contribution >= 0.6 is 0 Å². The molecule has 0 bridgehead atoms. The molecule has 0 fully saturated rings. The minimum atomic E-state index is -1.13. The van der Waals surface area contributed by atoms with Crippen molar-refractivity contribution in [2.45, 2.75) is 33.3 Å². The summed E-state index contributed by atoms with van der Waals surface area (Å²) in [4.78, 5) is 24.4. The molecule has 0 radical (unpaired) electrons. The summed E-state index contributed by atoms with van der Waals surface area (Å²) >= 11 is 0. The van der Waals surface area contributed by atoms with Crippen LogP contribution in [0.4, 0.5) is 0 Å². The molecule has 0 amide bonds. The monoisotopic (exact) mass is 329 g/mol. The summed E-state index contributed by atoms with van der Waals surface area (Å²) in [6.07, 6.45) is 1.84. The number of hydrogen-bond acceptors (Lipinski definition) is 6. The Balaban J connectivity index is 0.000000891. The lowest BCUT2D eigenvalue weighted by molar-refractivity contribution is 0.0943. The van der Waals surface area contributed by atoms with E-state index in [1.165, 1.54) is 6.92 Å². The van der Waals surface area contributed by atoms with E-state index in [1.807, 2.05) is 13.8 Å². The first-order chi connectivity index (χ1) is 11.2. The maximum Gasteiger partial charge on any atom is 0.196 e. The van der Waals surface area contributed by atoms with E-state index in [0.717, 1.165) is 23.8 Å². The molecule has 0 saturated heterocycles. The summed E-state index contributed by atoms with van der Waals surface area (Å²) in [7, 11) is 0. The molecule has 1 aliphatic rings. The van der Waals surface area contributed by atoms with Crippen molar-refractivity contribution >= 4 is 11.6 Å². The lowest BCUT2D eigenvalue weighted by atomic mass is 9.85. The second kappa shape index (κ2) is 8.09. The molecule has 6 heteroatoms. The van der Waals surface area contributed by atoms with Gasteiger partial charge in [0.25, 0.3) is 0 Å². The zero-order valence-corrected chi connectivity index (χ0v) is 13.7. The Morgan fingerprint density at radius 1 is 1.21 bits per heavy atom. The number of fused-ring (bicyclic) bond motifs is 1. The molecule has 0 heterocycles. The molecule has 6 nitrogen and oxygen atoms in total. The van der Waals surface area contributed by atoms with Crippen LogP contribution in [0, 0.1) is 11.3 Å². The number of carbonyl (C=O) groups is 2. The van der Waals surface area contributed by atoms with Gasteiger partial charge in [-0.2, -0.15) is 5.26 Å². The van der Waals surface area contributed by atoms with Gasteiger partial charge in [-0.3, -0.25) is 9.59 Å². The number of hydrogen-bond donors (Lipinski definition) is 3. The number of rotatable bonds is 3. The lowest BCUT2D eigenvalue weighted by Gasteiger charge is -2.20. The number of carbonyl (C=O) groups excluding carboxylic acids is 2. The van der Waals surface area contributed by atoms with E-state index in [-0.39, 0.29) is 34.6 Å². The van der Waals surface area contributed by atoms with Gasteiger partial charge in [0.1, 0.15) is 11.5 Å². The molecule has 2 rings (SSSR count). The molecular weight excluding hydrogens is 310 g/mol. The Kier molecular flexibility index (Phi) is 6.45. The number of phenolic OH excluding ortho intramolecular Hbond substituents is 2. The van der Waals surface area contributed by atoms with Crippen molar-refractivity contribution in [3.63, 3.8) is 0 Å². The Morgan fingerprint density at radius 2 is 1.71 bits per heavy atom. The molecule has 1 aliphatic carbocycles. The number of phenols is 2. The third kappa shape index (κ3) is 4.09. The molecule has 1 atom stereocenters. The van der Waals surface area contributed by atoms with E-state index in [4.69, 9.17) is 5.26 Å². The predicted molar refractivity (Wildman–Crippen MR) is 87.9 cm³/mol. The van der Waals surface area contributed by atoms with Crippen molar-refractivity contribution in [2.75, 3.05) is 0 Å². The van der Waals surface area contributed by atoms with Gasteiger partial charge in [0.2, 0.25) is 0 Å². The van der Waals surface area contributed by atoms with Crippen LogP contribution in [-0.4, -0.2) is 33.0 Å². The van der Waals surface area contributed by atoms with Crippen LogP contribution in [0.5, 0.6) is 11.5 Å². The first kappa shape index (κ1) is 19.1. The summed E-state index contributed by atoms with van der Waals surface area (Å²) in [6, 6.07) is 4.04. The van der Waals surface area contributed by atoms with E-state index in [1.54, 1.807) is 12.1 Å². The summed E-state index contributed by atoms with van der Waals surface area (Å²) in [5.74, 6) is -2.01. The normalized spacial score (nSPS) is 13.7. The number of Topliss-reactive ketones (excluding diaryl/α,β-unsaturated/α-hetero) is 1. The number of benzene rings is 1. The Hall–Kier alpha value is -2.91. The minimum Gasteiger partial charge on any atom is -0.507 e. The minimum absolute atomic E-state index is 0.0779. The van der Waals surface area contributed by atoms with E-state index in [9.17, 15) is 24.9 Å². The third-order valence-corrected chi connectivity index (χ3v) is 3.29. The second-order valence-corrected chi connectivity index (χ2v) is 5.40. The Morgan fingerprint density at radius 3 is 2.21 bits per heavy atom. The van der Waals surface area contributed by atoms with Gasteiger partial charge in [-0.25, -0.2) is 0 Å². The number of ketones is 2. The van der Waals surface area contributed by atoms with Crippen LogP contribution in [-0.2, 0) is 0 Å². The van der Waals surface area contributed by atoms with Crippen molar-refractivity contribution in [1.29, 1.82) is 5.26 Å². The zero-order valence-electron chi connectivity index (χ0n) is 13.7. The van der Waals surface area contributed by atoms with Crippen LogP contribution in [0.1, 0.15) is 47.9 Å². The van der Waals surface area contributed by atoms with E-state index in [0.29, 0.717) is 0 Å². The van der Waals surface area contributed by atoms with Gasteiger partial charge >= 0.3 is 0 Å². The highest BCUT2D eigenvalue weighted by molar-refractivity contribution is 6.26. The molecule has 126 valence electrons. The predicted octanol–water partition coefficient (Wildman–Crippen LogP) is 2.65. The highest BCUT2D eigenvalue weighted by Gasteiger charge is 2.33. The molecule has 1 aromatic rings. The maximum absolute atomic E-state index is 12.3. The number of aliphatic hydroxyl groups is 1. The molecule has 0 unspecified atom stereocenters. The van der Waals surface area contributed by atoms with E-state index < -0.39 is 17.7 Å². The van der Waals surface area contributed by atoms with Gasteiger partial charge in [-0.1, -0.05) is 11.6 Å². The number of nitrogens with zero attached hydrogens (tertiary/aromatic N) is 1. The van der Waals surface area contributed by atoms with Gasteiger partial charge < -0.3 is 15.3 Å². The van der Waals surface area contributed by atoms with Gasteiger partial charge in [-0.05, 0) is 38.5 Å². The summed E-state index contributed by atoms with van der Waals surface area (Å²) in [6.45, 7) is 5.14. The van der Waals surface area contributed by atoms with E-state index >= 15 is 0 Å². The Labute approximate surface area is 140 Å². The number of aromatic hydroxyl groups is 2. The first-order valence-electron chi connectivity index (χ1n) is 7.22. The summed E-state index contributed by atoms with van der Waals surface area (Å²) in [5.41, 5.74) is 0.419. The van der Waals surface area contributed by atoms with Crippen molar-refractivity contribution < 1.29 is 24.9 Å². The second-order valence-electron chi connectivity index (χ2n) is 5.40. The largest absolute Gasteiger partial charge is 0.507 e.